The summed E-state index contributed by atoms with van der Waals surface area (Å²) in [7, 11) is 1.71. The van der Waals surface area contributed by atoms with E-state index in [2.05, 4.69) is 59.6 Å². The van der Waals surface area contributed by atoms with E-state index in [4.69, 9.17) is 4.74 Å². The van der Waals surface area contributed by atoms with Gasteiger partial charge >= 0.3 is 0 Å². The third kappa shape index (κ3) is 3.30. The number of hydrogen-bond donors (Lipinski definition) is 1. The molecular formula is C21H22N2OS. The molecule has 2 aromatic carbocycles. The number of methoxy groups -OCH3 is 1. The highest BCUT2D eigenvalue weighted by molar-refractivity contribution is 7.15. The van der Waals surface area contributed by atoms with Crippen LogP contribution in [0.3, 0.4) is 0 Å². The van der Waals surface area contributed by atoms with Gasteiger partial charge in [0, 0.05) is 15.8 Å². The van der Waals surface area contributed by atoms with E-state index in [0.29, 0.717) is 0 Å². The lowest BCUT2D eigenvalue weighted by Crippen LogP contribution is -1.90. The fourth-order valence-electron chi connectivity index (χ4n) is 2.83. The average molecular weight is 350 g/mol. The van der Waals surface area contributed by atoms with Gasteiger partial charge in [0.15, 0.2) is 0 Å². The minimum atomic E-state index is 0.864. The zero-order valence-corrected chi connectivity index (χ0v) is 15.8. The van der Waals surface area contributed by atoms with Gasteiger partial charge in [0.05, 0.1) is 23.4 Å². The molecule has 1 N–H and O–H groups in total. The maximum atomic E-state index is 5.68. The van der Waals surface area contributed by atoms with Gasteiger partial charge in [-0.15, -0.1) is 11.3 Å². The summed E-state index contributed by atoms with van der Waals surface area (Å²) >= 11 is 1.76. The van der Waals surface area contributed by atoms with E-state index in [0.717, 1.165) is 33.5 Å². The standard InChI is InChI=1S/C19H16N2OS.C2H6/c1-12-7-10-18(23-12)17-11-16(20-21-17)15-9-8-13-5-3-4-6-14(13)19(15)22-2;1-2/h3-11H,1-2H3,(H,20,21);1-2H3. The molecular weight excluding hydrogens is 328 g/mol. The lowest BCUT2D eigenvalue weighted by atomic mass is 10.0. The topological polar surface area (TPSA) is 37.9 Å². The number of fused-ring (bicyclic) bond motifs is 1. The summed E-state index contributed by atoms with van der Waals surface area (Å²) in [4.78, 5) is 2.49. The highest BCUT2D eigenvalue weighted by Gasteiger charge is 2.14. The van der Waals surface area contributed by atoms with E-state index in [1.165, 1.54) is 9.75 Å². The van der Waals surface area contributed by atoms with Gasteiger partial charge < -0.3 is 4.74 Å². The number of nitrogens with one attached hydrogen (secondary N) is 1. The van der Waals surface area contributed by atoms with Crippen molar-refractivity contribution in [2.75, 3.05) is 7.11 Å². The maximum Gasteiger partial charge on any atom is 0.136 e. The predicted molar refractivity (Wildman–Crippen MR) is 107 cm³/mol. The SMILES string of the molecule is CC.COc1c(-c2cc(-c3ccc(C)s3)[nH]n2)ccc2ccccc12. The van der Waals surface area contributed by atoms with Gasteiger partial charge in [-0.25, -0.2) is 0 Å². The highest BCUT2D eigenvalue weighted by atomic mass is 32.1. The largest absolute Gasteiger partial charge is 0.495 e. The Labute approximate surface area is 152 Å². The fraction of sp³-hybridized carbons (Fsp3) is 0.190. The molecule has 0 saturated carbocycles. The summed E-state index contributed by atoms with van der Waals surface area (Å²) in [6, 6.07) is 18.7. The number of thiophene rings is 1. The Kier molecular flexibility index (Phi) is 5.19. The molecule has 0 aliphatic heterocycles. The van der Waals surface area contributed by atoms with Crippen LogP contribution >= 0.6 is 11.3 Å². The molecule has 0 atom stereocenters. The summed E-state index contributed by atoms with van der Waals surface area (Å²) in [5, 5.41) is 9.89. The van der Waals surface area contributed by atoms with Crippen LogP contribution in [0.25, 0.3) is 32.6 Å². The molecule has 2 heterocycles. The molecule has 2 aromatic heterocycles. The van der Waals surface area contributed by atoms with Crippen molar-refractivity contribution in [1.82, 2.24) is 10.2 Å². The van der Waals surface area contributed by atoms with Crippen LogP contribution in [0.2, 0.25) is 0 Å². The van der Waals surface area contributed by atoms with Crippen LogP contribution < -0.4 is 4.74 Å². The first-order valence-electron chi connectivity index (χ1n) is 8.44. The van der Waals surface area contributed by atoms with Crippen molar-refractivity contribution in [2.45, 2.75) is 20.8 Å². The fourth-order valence-corrected chi connectivity index (χ4v) is 3.66. The molecule has 0 aliphatic carbocycles. The summed E-state index contributed by atoms with van der Waals surface area (Å²) < 4.78 is 5.68. The lowest BCUT2D eigenvalue weighted by Gasteiger charge is -2.10. The lowest BCUT2D eigenvalue weighted by molar-refractivity contribution is 0.421. The third-order valence-corrected chi connectivity index (χ3v) is 4.98. The summed E-state index contributed by atoms with van der Waals surface area (Å²) in [6.45, 7) is 6.11. The molecule has 3 nitrogen and oxygen atoms in total. The van der Waals surface area contributed by atoms with Crippen molar-refractivity contribution in [2.24, 2.45) is 0 Å². The van der Waals surface area contributed by atoms with Crippen LogP contribution in [0.1, 0.15) is 18.7 Å². The Morgan fingerprint density at radius 2 is 1.80 bits per heavy atom. The van der Waals surface area contributed by atoms with Gasteiger partial charge in [-0.05, 0) is 36.6 Å². The minimum Gasteiger partial charge on any atom is -0.495 e. The number of aromatic amines is 1. The molecule has 0 amide bonds. The Morgan fingerprint density at radius 3 is 2.52 bits per heavy atom. The number of nitrogens with zero attached hydrogens (tertiary/aromatic N) is 1. The molecule has 0 fully saturated rings. The minimum absolute atomic E-state index is 0.864. The first kappa shape index (κ1) is 17.2. The summed E-state index contributed by atoms with van der Waals surface area (Å²) in [6.07, 6.45) is 0. The number of hydrogen-bond acceptors (Lipinski definition) is 3. The monoisotopic (exact) mass is 350 g/mol. The van der Waals surface area contributed by atoms with Gasteiger partial charge in [-0.2, -0.15) is 5.10 Å². The van der Waals surface area contributed by atoms with Crippen LogP contribution in [-0.4, -0.2) is 17.3 Å². The average Bonchev–Trinajstić information content (AvgIpc) is 3.31. The van der Waals surface area contributed by atoms with Gasteiger partial charge in [-0.1, -0.05) is 44.2 Å². The Morgan fingerprint density at radius 1 is 1.00 bits per heavy atom. The van der Waals surface area contributed by atoms with Crippen LogP contribution in [0.15, 0.2) is 54.6 Å². The maximum absolute atomic E-state index is 5.68. The Bertz CT molecular complexity index is 984. The van der Waals surface area contributed by atoms with Gasteiger partial charge in [-0.3, -0.25) is 5.10 Å². The molecule has 0 spiro atoms. The van der Waals surface area contributed by atoms with Gasteiger partial charge in [0.1, 0.15) is 5.75 Å². The molecule has 4 aromatic rings. The number of H-pyrrole nitrogens is 1. The van der Waals surface area contributed by atoms with E-state index >= 15 is 0 Å². The summed E-state index contributed by atoms with van der Waals surface area (Å²) in [5.74, 6) is 0.864. The van der Waals surface area contributed by atoms with Crippen LogP contribution in [0.4, 0.5) is 0 Å². The predicted octanol–water partition coefficient (Wildman–Crippen LogP) is 6.30. The van der Waals surface area contributed by atoms with E-state index in [1.54, 1.807) is 18.4 Å². The smallest absolute Gasteiger partial charge is 0.136 e. The summed E-state index contributed by atoms with van der Waals surface area (Å²) in [5.41, 5.74) is 2.93. The molecule has 0 aliphatic rings. The molecule has 0 radical (unpaired) electrons. The molecule has 128 valence electrons. The van der Waals surface area contributed by atoms with E-state index in [9.17, 15) is 0 Å². The molecule has 0 bridgehead atoms. The Hall–Kier alpha value is -2.59. The van der Waals surface area contributed by atoms with E-state index in [-0.39, 0.29) is 0 Å². The van der Waals surface area contributed by atoms with Crippen molar-refractivity contribution < 1.29 is 4.74 Å². The Balaban J connectivity index is 0.000000880. The molecule has 4 rings (SSSR count). The van der Waals surface area contributed by atoms with Crippen molar-refractivity contribution in [3.63, 3.8) is 0 Å². The molecule has 0 unspecified atom stereocenters. The van der Waals surface area contributed by atoms with Crippen molar-refractivity contribution >= 4 is 22.1 Å². The van der Waals surface area contributed by atoms with Gasteiger partial charge in [0.2, 0.25) is 0 Å². The van der Waals surface area contributed by atoms with Crippen molar-refractivity contribution in [1.29, 1.82) is 0 Å². The number of ether oxygens (including phenoxy) is 1. The van der Waals surface area contributed by atoms with Gasteiger partial charge in [0.25, 0.3) is 0 Å². The first-order chi connectivity index (χ1) is 12.3. The second kappa shape index (κ2) is 7.53. The zero-order valence-electron chi connectivity index (χ0n) is 15.0. The zero-order chi connectivity index (χ0) is 17.8. The number of aromatic nitrogens is 2. The first-order valence-corrected chi connectivity index (χ1v) is 9.26. The highest BCUT2D eigenvalue weighted by Crippen LogP contribution is 2.37. The number of rotatable bonds is 3. The molecule has 4 heteroatoms. The van der Waals surface area contributed by atoms with Crippen LogP contribution in [-0.2, 0) is 0 Å². The van der Waals surface area contributed by atoms with Crippen LogP contribution in [0.5, 0.6) is 5.75 Å². The quantitative estimate of drug-likeness (QED) is 0.471. The number of aryl methyl sites for hydroxylation is 1. The molecule has 25 heavy (non-hydrogen) atoms. The number of benzene rings is 2. The van der Waals surface area contributed by atoms with E-state index in [1.807, 2.05) is 26.0 Å². The second-order valence-electron chi connectivity index (χ2n) is 5.44. The molecule has 0 saturated heterocycles. The normalized spacial score (nSPS) is 10.4. The third-order valence-electron chi connectivity index (χ3n) is 3.94. The van der Waals surface area contributed by atoms with E-state index < -0.39 is 0 Å². The second-order valence-corrected chi connectivity index (χ2v) is 6.73. The van der Waals surface area contributed by atoms with Crippen molar-refractivity contribution in [3.8, 4) is 27.6 Å². The van der Waals surface area contributed by atoms with Crippen LogP contribution in [0, 0.1) is 6.92 Å². The van der Waals surface area contributed by atoms with Crippen molar-refractivity contribution in [3.05, 3.63) is 59.5 Å².